The number of rotatable bonds is 9. The fourth-order valence-electron chi connectivity index (χ4n) is 4.81. The predicted octanol–water partition coefficient (Wildman–Crippen LogP) is 5.60. The second-order valence-corrected chi connectivity index (χ2v) is 9.43. The van der Waals surface area contributed by atoms with Crippen LogP contribution in [0.3, 0.4) is 0 Å². The van der Waals surface area contributed by atoms with Gasteiger partial charge in [-0.1, -0.05) is 86.0 Å². The quantitative estimate of drug-likeness (QED) is 0.425. The van der Waals surface area contributed by atoms with Crippen molar-refractivity contribution in [3.05, 3.63) is 107 Å². The van der Waals surface area contributed by atoms with Gasteiger partial charge in [-0.15, -0.1) is 0 Å². The zero-order valence-corrected chi connectivity index (χ0v) is 20.3. The highest BCUT2D eigenvalue weighted by Gasteiger charge is 2.32. The first-order valence-electron chi connectivity index (χ1n) is 12.6. The third-order valence-corrected chi connectivity index (χ3v) is 6.82. The van der Waals surface area contributed by atoms with Crippen molar-refractivity contribution in [3.63, 3.8) is 0 Å². The topological polar surface area (TPSA) is 49.4 Å². The van der Waals surface area contributed by atoms with Crippen molar-refractivity contribution in [1.29, 1.82) is 0 Å². The van der Waals surface area contributed by atoms with Crippen molar-refractivity contribution in [2.45, 2.75) is 63.6 Å². The van der Waals surface area contributed by atoms with Crippen LogP contribution in [0.4, 0.5) is 8.78 Å². The predicted molar refractivity (Wildman–Crippen MR) is 136 cm³/mol. The summed E-state index contributed by atoms with van der Waals surface area (Å²) in [7, 11) is 0. The number of halogens is 2. The first-order valence-corrected chi connectivity index (χ1v) is 12.6. The van der Waals surface area contributed by atoms with Gasteiger partial charge in [-0.2, -0.15) is 0 Å². The summed E-state index contributed by atoms with van der Waals surface area (Å²) in [5.74, 6) is -1.62. The number of carbonyl (C=O) groups is 2. The molecule has 0 saturated heterocycles. The Kier molecular flexibility index (Phi) is 8.82. The lowest BCUT2D eigenvalue weighted by molar-refractivity contribution is -0.141. The maximum absolute atomic E-state index is 14.7. The molecule has 1 N–H and O–H groups in total. The van der Waals surface area contributed by atoms with Crippen molar-refractivity contribution in [2.24, 2.45) is 0 Å². The van der Waals surface area contributed by atoms with Crippen LogP contribution in [0.2, 0.25) is 0 Å². The van der Waals surface area contributed by atoms with Gasteiger partial charge in [0.15, 0.2) is 0 Å². The summed E-state index contributed by atoms with van der Waals surface area (Å²) in [5, 5.41) is 3.15. The van der Waals surface area contributed by atoms with Crippen molar-refractivity contribution >= 4 is 11.8 Å². The summed E-state index contributed by atoms with van der Waals surface area (Å²) in [6.45, 7) is -0.0878. The summed E-state index contributed by atoms with van der Waals surface area (Å²) >= 11 is 0. The maximum atomic E-state index is 14.7. The van der Waals surface area contributed by atoms with Gasteiger partial charge in [-0.05, 0) is 36.1 Å². The number of carbonyl (C=O) groups excluding carboxylic acids is 2. The SMILES string of the molecule is O=C(NC1CCCCC1)[C@@H](Cc1ccccc1)N(Cc1ccccc1F)C(=O)Cc1ccccc1F. The molecule has 1 aliphatic rings. The van der Waals surface area contributed by atoms with E-state index in [1.54, 1.807) is 36.4 Å². The Morgan fingerprint density at radius 2 is 1.39 bits per heavy atom. The highest BCUT2D eigenvalue weighted by molar-refractivity contribution is 5.89. The van der Waals surface area contributed by atoms with Gasteiger partial charge < -0.3 is 10.2 Å². The number of hydrogen-bond acceptors (Lipinski definition) is 2. The number of amides is 2. The van der Waals surface area contributed by atoms with Gasteiger partial charge in [0.25, 0.3) is 0 Å². The van der Waals surface area contributed by atoms with Gasteiger partial charge in [-0.3, -0.25) is 9.59 Å². The number of nitrogens with zero attached hydrogens (tertiary/aromatic N) is 1. The second-order valence-electron chi connectivity index (χ2n) is 9.43. The average molecular weight is 491 g/mol. The molecule has 2 amide bonds. The van der Waals surface area contributed by atoms with Crippen molar-refractivity contribution < 1.29 is 18.4 Å². The number of hydrogen-bond donors (Lipinski definition) is 1. The smallest absolute Gasteiger partial charge is 0.243 e. The Morgan fingerprint density at radius 1 is 0.806 bits per heavy atom. The number of nitrogens with one attached hydrogen (secondary N) is 1. The zero-order valence-electron chi connectivity index (χ0n) is 20.3. The largest absolute Gasteiger partial charge is 0.352 e. The van der Waals surface area contributed by atoms with E-state index in [0.717, 1.165) is 37.7 Å². The molecule has 0 bridgehead atoms. The van der Waals surface area contributed by atoms with Gasteiger partial charge in [0.1, 0.15) is 17.7 Å². The van der Waals surface area contributed by atoms with E-state index < -0.39 is 23.6 Å². The molecule has 0 spiro atoms. The lowest BCUT2D eigenvalue weighted by Gasteiger charge is -2.33. The Hall–Kier alpha value is -3.54. The molecule has 1 atom stereocenters. The highest BCUT2D eigenvalue weighted by Crippen LogP contribution is 2.21. The van der Waals surface area contributed by atoms with Crippen molar-refractivity contribution in [3.8, 4) is 0 Å². The molecule has 1 aliphatic carbocycles. The molecule has 36 heavy (non-hydrogen) atoms. The molecule has 0 aromatic heterocycles. The molecule has 1 saturated carbocycles. The van der Waals surface area contributed by atoms with Crippen LogP contribution >= 0.6 is 0 Å². The molecule has 0 aliphatic heterocycles. The maximum Gasteiger partial charge on any atom is 0.243 e. The van der Waals surface area contributed by atoms with Gasteiger partial charge >= 0.3 is 0 Å². The second kappa shape index (κ2) is 12.4. The summed E-state index contributed by atoms with van der Waals surface area (Å²) in [4.78, 5) is 28.8. The molecular weight excluding hydrogens is 458 g/mol. The minimum Gasteiger partial charge on any atom is -0.352 e. The van der Waals surface area contributed by atoms with E-state index in [4.69, 9.17) is 0 Å². The number of benzene rings is 3. The van der Waals surface area contributed by atoms with Crippen LogP contribution in [0.25, 0.3) is 0 Å². The third kappa shape index (κ3) is 6.78. The van der Waals surface area contributed by atoms with Crippen molar-refractivity contribution in [2.75, 3.05) is 0 Å². The summed E-state index contributed by atoms with van der Waals surface area (Å²) in [6.07, 6.45) is 5.12. The van der Waals surface area contributed by atoms with Crippen LogP contribution in [0.5, 0.6) is 0 Å². The molecule has 0 radical (unpaired) electrons. The molecule has 3 aromatic rings. The van der Waals surface area contributed by atoms with Crippen LogP contribution in [-0.2, 0) is 29.0 Å². The minimum absolute atomic E-state index is 0.0569. The van der Waals surface area contributed by atoms with Crippen LogP contribution in [-0.4, -0.2) is 28.8 Å². The Labute approximate surface area is 211 Å². The highest BCUT2D eigenvalue weighted by atomic mass is 19.1. The van der Waals surface area contributed by atoms with E-state index in [2.05, 4.69) is 5.32 Å². The summed E-state index contributed by atoms with van der Waals surface area (Å²) < 4.78 is 29.1. The molecule has 4 rings (SSSR count). The summed E-state index contributed by atoms with van der Waals surface area (Å²) in [6, 6.07) is 21.0. The van der Waals surface area contributed by atoms with Crippen LogP contribution in [0, 0.1) is 11.6 Å². The normalized spacial score (nSPS) is 14.7. The van der Waals surface area contributed by atoms with E-state index >= 15 is 0 Å². The van der Waals surface area contributed by atoms with E-state index in [1.807, 2.05) is 30.3 Å². The Bertz CT molecular complexity index is 1160. The lowest BCUT2D eigenvalue weighted by atomic mass is 9.94. The van der Waals surface area contributed by atoms with Crippen LogP contribution in [0.1, 0.15) is 48.8 Å². The molecule has 1 fully saturated rings. The lowest BCUT2D eigenvalue weighted by Crippen LogP contribution is -2.53. The molecule has 3 aromatic carbocycles. The average Bonchev–Trinajstić information content (AvgIpc) is 2.89. The van der Waals surface area contributed by atoms with Gasteiger partial charge in [0, 0.05) is 24.6 Å². The fraction of sp³-hybridized carbons (Fsp3) is 0.333. The molecule has 4 nitrogen and oxygen atoms in total. The van der Waals surface area contributed by atoms with E-state index in [1.165, 1.54) is 17.0 Å². The standard InChI is InChI=1S/C30H32F2N2O2/c31-26-17-9-7-13-23(26)20-29(35)34(21-24-14-8-10-18-27(24)32)28(19-22-11-3-1-4-12-22)30(36)33-25-15-5-2-6-16-25/h1,3-4,7-14,17-18,25,28H,2,5-6,15-16,19-21H2,(H,33,36)/t28-/m1/s1. The molecule has 0 unspecified atom stereocenters. The van der Waals surface area contributed by atoms with Gasteiger partial charge in [0.05, 0.1) is 6.42 Å². The fourth-order valence-corrected chi connectivity index (χ4v) is 4.81. The first-order chi connectivity index (χ1) is 17.5. The minimum atomic E-state index is -0.867. The summed E-state index contributed by atoms with van der Waals surface area (Å²) in [5.41, 5.74) is 1.44. The van der Waals surface area contributed by atoms with E-state index in [0.29, 0.717) is 5.56 Å². The van der Waals surface area contributed by atoms with E-state index in [9.17, 15) is 18.4 Å². The van der Waals surface area contributed by atoms with Crippen molar-refractivity contribution in [1.82, 2.24) is 10.2 Å². The van der Waals surface area contributed by atoms with Gasteiger partial charge in [-0.25, -0.2) is 8.78 Å². The Morgan fingerprint density at radius 3 is 2.03 bits per heavy atom. The van der Waals surface area contributed by atoms with Crippen LogP contribution < -0.4 is 5.32 Å². The van der Waals surface area contributed by atoms with E-state index in [-0.39, 0.29) is 36.9 Å². The molecule has 0 heterocycles. The zero-order chi connectivity index (χ0) is 25.3. The molecule has 188 valence electrons. The molecular formula is C30H32F2N2O2. The monoisotopic (exact) mass is 490 g/mol. The Balaban J connectivity index is 1.67. The van der Waals surface area contributed by atoms with Gasteiger partial charge in [0.2, 0.25) is 11.8 Å². The first kappa shape index (κ1) is 25.5. The van der Waals surface area contributed by atoms with Crippen LogP contribution in [0.15, 0.2) is 78.9 Å². The third-order valence-electron chi connectivity index (χ3n) is 6.82. The molecule has 6 heteroatoms.